The highest BCUT2D eigenvalue weighted by Gasteiger charge is 2.21. The molecule has 0 atom stereocenters. The zero-order chi connectivity index (χ0) is 45.9. The molecule has 0 aliphatic rings. The predicted molar refractivity (Wildman–Crippen MR) is 270 cm³/mol. The maximum Gasteiger partial charge on any atom is 0.305 e. The fourth-order valence-corrected chi connectivity index (χ4v) is 8.74. The average molecular weight is 900 g/mol. The minimum Gasteiger partial charge on any atom is -0.465 e. The number of quaternary nitrogens is 1. The molecular formula is C54H95N2O6S+. The number of benzene rings is 1. The number of nitrogens with zero attached hydrogens (tertiary/aromatic N) is 2. The van der Waals surface area contributed by atoms with Crippen LogP contribution in [0.1, 0.15) is 199 Å². The number of amides is 1. The number of aliphatic hydroxyl groups excluding tert-OH is 1. The van der Waals surface area contributed by atoms with Gasteiger partial charge in [-0.25, -0.2) is 0 Å². The van der Waals surface area contributed by atoms with E-state index in [4.69, 9.17) is 9.47 Å². The second-order valence-electron chi connectivity index (χ2n) is 18.2. The minimum absolute atomic E-state index is 0.0469. The Morgan fingerprint density at radius 1 is 0.603 bits per heavy atom. The van der Waals surface area contributed by atoms with Crippen molar-refractivity contribution in [2.45, 2.75) is 200 Å². The first-order chi connectivity index (χ1) is 30.7. The number of rotatable bonds is 44. The number of unbranched alkanes of at least 4 members (excludes halogenated alkanes) is 22. The smallest absolute Gasteiger partial charge is 0.305 e. The highest BCUT2D eigenvalue weighted by Crippen LogP contribution is 2.23. The Kier molecular flexibility index (Phi) is 39.0. The summed E-state index contributed by atoms with van der Waals surface area (Å²) in [6, 6.07) is 7.77. The van der Waals surface area contributed by atoms with Crippen molar-refractivity contribution in [3.63, 3.8) is 0 Å². The molecule has 0 bridgehead atoms. The van der Waals surface area contributed by atoms with E-state index in [1.165, 1.54) is 116 Å². The number of hydrogen-bond donors (Lipinski definition) is 1. The number of hydrogen-bond acceptors (Lipinski definition) is 7. The number of anilines is 1. The van der Waals surface area contributed by atoms with Crippen molar-refractivity contribution < 1.29 is 33.4 Å². The standard InChI is InChI=1S/C54H95N2O6S/c1-5-7-9-11-13-15-17-19-21-23-25-27-29-31-33-39-53(59)61-46-41-50-37-35-36-38-51(50)55(52(58)49-63-48-44-56(3,4)43-45-57)42-47-62-54(60)40-34-32-30-28-26-24-22-20-18-16-14-12-10-8-6-2/h19-22,35-38,57H,5-18,23-34,39-49H2,1-4H3/q+1/b21-19-,22-20-. The molecule has 0 radical (unpaired) electrons. The Morgan fingerprint density at radius 3 is 1.54 bits per heavy atom. The van der Waals surface area contributed by atoms with E-state index in [0.717, 1.165) is 74.9 Å². The number of allylic oxidation sites excluding steroid dienone is 4. The molecule has 0 aliphatic carbocycles. The van der Waals surface area contributed by atoms with Gasteiger partial charge in [0.15, 0.2) is 0 Å². The van der Waals surface area contributed by atoms with E-state index in [1.54, 1.807) is 16.7 Å². The van der Waals surface area contributed by atoms with Gasteiger partial charge in [-0.2, -0.15) is 0 Å². The molecule has 1 N–H and O–H groups in total. The molecule has 362 valence electrons. The van der Waals surface area contributed by atoms with E-state index in [1.807, 2.05) is 24.3 Å². The summed E-state index contributed by atoms with van der Waals surface area (Å²) in [6.07, 6.45) is 42.3. The number of ether oxygens (including phenoxy) is 2. The first-order valence-electron chi connectivity index (χ1n) is 25.7. The molecule has 0 saturated heterocycles. The fraction of sp³-hybridized carbons (Fsp3) is 0.759. The lowest BCUT2D eigenvalue weighted by molar-refractivity contribution is -0.888. The summed E-state index contributed by atoms with van der Waals surface area (Å²) in [5.74, 6) is 0.641. The van der Waals surface area contributed by atoms with Crippen LogP contribution in [0.2, 0.25) is 0 Å². The number of carbonyl (C=O) groups excluding carboxylic acids is 3. The van der Waals surface area contributed by atoms with Crippen LogP contribution in [0.4, 0.5) is 5.69 Å². The lowest BCUT2D eigenvalue weighted by Gasteiger charge is -2.29. The van der Waals surface area contributed by atoms with Gasteiger partial charge in [-0.05, 0) is 75.8 Å². The molecule has 9 heteroatoms. The van der Waals surface area contributed by atoms with Crippen LogP contribution in [0.25, 0.3) is 0 Å². The second kappa shape index (κ2) is 42.0. The van der Waals surface area contributed by atoms with Gasteiger partial charge < -0.3 is 24.0 Å². The SMILES string of the molecule is CCCCCCCC/C=C\CCCCCCCC(=O)OCCc1ccccc1N(CCOC(=O)CCCCCCC/C=C\CCCCCCCC)C(=O)CSCC[N+](C)(C)CCO. The summed E-state index contributed by atoms with van der Waals surface area (Å²) < 4.78 is 12.0. The third-order valence-electron chi connectivity index (χ3n) is 11.9. The number of carbonyl (C=O) groups is 3. The summed E-state index contributed by atoms with van der Waals surface area (Å²) in [6.45, 7) is 6.79. The maximum atomic E-state index is 13.8. The van der Waals surface area contributed by atoms with E-state index < -0.39 is 0 Å². The number of para-hydroxylation sites is 1. The van der Waals surface area contributed by atoms with Crippen molar-refractivity contribution in [2.75, 3.05) is 70.0 Å². The van der Waals surface area contributed by atoms with Crippen LogP contribution in [0.5, 0.6) is 0 Å². The van der Waals surface area contributed by atoms with Crippen molar-refractivity contribution in [3.05, 3.63) is 54.1 Å². The van der Waals surface area contributed by atoms with Gasteiger partial charge in [0.1, 0.15) is 13.2 Å². The van der Waals surface area contributed by atoms with Crippen molar-refractivity contribution >= 4 is 35.3 Å². The zero-order valence-electron chi connectivity index (χ0n) is 41.1. The molecule has 1 amide bonds. The summed E-state index contributed by atoms with van der Waals surface area (Å²) in [4.78, 5) is 40.8. The van der Waals surface area contributed by atoms with Gasteiger partial charge in [-0.3, -0.25) is 14.4 Å². The van der Waals surface area contributed by atoms with Crippen LogP contribution in [-0.2, 0) is 30.3 Å². The Labute approximate surface area is 391 Å². The molecule has 0 fully saturated rings. The Morgan fingerprint density at radius 2 is 1.05 bits per heavy atom. The Balaban J connectivity index is 2.49. The van der Waals surface area contributed by atoms with Crippen LogP contribution in [0, 0.1) is 0 Å². The highest BCUT2D eigenvalue weighted by molar-refractivity contribution is 7.99. The molecule has 1 aromatic carbocycles. The number of aliphatic hydroxyl groups is 1. The number of thioether (sulfide) groups is 1. The van der Waals surface area contributed by atoms with Gasteiger partial charge in [-0.1, -0.05) is 159 Å². The van der Waals surface area contributed by atoms with Crippen molar-refractivity contribution in [1.82, 2.24) is 0 Å². The van der Waals surface area contributed by atoms with Gasteiger partial charge in [0.2, 0.25) is 5.91 Å². The molecule has 0 unspecified atom stereocenters. The molecule has 1 rings (SSSR count). The lowest BCUT2D eigenvalue weighted by Crippen LogP contribution is -2.43. The minimum atomic E-state index is -0.218. The third-order valence-corrected chi connectivity index (χ3v) is 12.8. The largest absolute Gasteiger partial charge is 0.465 e. The van der Waals surface area contributed by atoms with Crippen molar-refractivity contribution in [3.8, 4) is 0 Å². The molecule has 0 spiro atoms. The molecule has 8 nitrogen and oxygen atoms in total. The van der Waals surface area contributed by atoms with E-state index in [2.05, 4.69) is 52.2 Å². The molecule has 0 aliphatic heterocycles. The van der Waals surface area contributed by atoms with Crippen molar-refractivity contribution in [2.24, 2.45) is 0 Å². The first-order valence-corrected chi connectivity index (χ1v) is 26.9. The lowest BCUT2D eigenvalue weighted by atomic mass is 10.1. The second-order valence-corrected chi connectivity index (χ2v) is 19.3. The molecule has 63 heavy (non-hydrogen) atoms. The average Bonchev–Trinajstić information content (AvgIpc) is 3.26. The van der Waals surface area contributed by atoms with E-state index in [-0.39, 0.29) is 44.2 Å². The van der Waals surface area contributed by atoms with Crippen LogP contribution < -0.4 is 4.90 Å². The van der Waals surface area contributed by atoms with Crippen molar-refractivity contribution in [1.29, 1.82) is 0 Å². The van der Waals surface area contributed by atoms with E-state index in [9.17, 15) is 19.5 Å². The van der Waals surface area contributed by atoms with Gasteiger partial charge in [-0.15, -0.1) is 11.8 Å². The highest BCUT2D eigenvalue weighted by atomic mass is 32.2. The number of likely N-dealkylation sites (N-methyl/N-ethyl adjacent to an activating group) is 1. The molecule has 0 heterocycles. The van der Waals surface area contributed by atoms with Gasteiger partial charge in [0.05, 0.1) is 46.2 Å². The molecule has 0 saturated carbocycles. The summed E-state index contributed by atoms with van der Waals surface area (Å²) >= 11 is 1.58. The van der Waals surface area contributed by atoms with Crippen LogP contribution >= 0.6 is 11.8 Å². The molecule has 1 aromatic rings. The van der Waals surface area contributed by atoms with Gasteiger partial charge in [0.25, 0.3) is 0 Å². The maximum absolute atomic E-state index is 13.8. The predicted octanol–water partition coefficient (Wildman–Crippen LogP) is 13.5. The number of esters is 2. The zero-order valence-corrected chi connectivity index (χ0v) is 41.9. The van der Waals surface area contributed by atoms with E-state index >= 15 is 0 Å². The van der Waals surface area contributed by atoms with Crippen LogP contribution in [0.15, 0.2) is 48.6 Å². The third kappa shape index (κ3) is 35.3. The van der Waals surface area contributed by atoms with Gasteiger partial charge in [0, 0.05) is 30.7 Å². The van der Waals surface area contributed by atoms with Crippen LogP contribution in [-0.4, -0.2) is 92.5 Å². The molecule has 0 aromatic heterocycles. The Hall–Kier alpha value is -2.62. The van der Waals surface area contributed by atoms with Crippen LogP contribution in [0.3, 0.4) is 0 Å². The summed E-state index contributed by atoms with van der Waals surface area (Å²) in [7, 11) is 4.16. The fourth-order valence-electron chi connectivity index (χ4n) is 7.65. The summed E-state index contributed by atoms with van der Waals surface area (Å²) in [5, 5.41) is 9.41. The normalized spacial score (nSPS) is 11.8. The Bertz CT molecular complexity index is 1320. The van der Waals surface area contributed by atoms with E-state index in [0.29, 0.717) is 36.0 Å². The topological polar surface area (TPSA) is 93.1 Å². The quantitative estimate of drug-likeness (QED) is 0.0302. The summed E-state index contributed by atoms with van der Waals surface area (Å²) in [5.41, 5.74) is 1.69. The monoisotopic (exact) mass is 900 g/mol. The first kappa shape index (κ1) is 58.4. The van der Waals surface area contributed by atoms with Gasteiger partial charge >= 0.3 is 11.9 Å². The molecular weight excluding hydrogens is 805 g/mol.